The molecule has 18 heavy (non-hydrogen) atoms. The SMILES string of the molecule is COc1ccc(Nc2ccc(Cl)cc2N)cc1Cl. The molecule has 2 aromatic carbocycles. The van der Waals surface area contributed by atoms with E-state index in [2.05, 4.69) is 5.32 Å². The van der Waals surface area contributed by atoms with E-state index in [1.165, 1.54) is 0 Å². The Morgan fingerprint density at radius 1 is 1.11 bits per heavy atom. The molecule has 0 aliphatic rings. The van der Waals surface area contributed by atoms with Crippen molar-refractivity contribution >= 4 is 40.3 Å². The fourth-order valence-corrected chi connectivity index (χ4v) is 1.99. The third-order valence-electron chi connectivity index (χ3n) is 2.44. The quantitative estimate of drug-likeness (QED) is 0.824. The number of methoxy groups -OCH3 is 1. The summed E-state index contributed by atoms with van der Waals surface area (Å²) >= 11 is 11.9. The van der Waals surface area contributed by atoms with Gasteiger partial charge in [-0.1, -0.05) is 23.2 Å². The molecule has 0 amide bonds. The molecule has 0 aromatic heterocycles. The van der Waals surface area contributed by atoms with Crippen molar-refractivity contribution in [1.29, 1.82) is 0 Å². The highest BCUT2D eigenvalue weighted by molar-refractivity contribution is 6.32. The molecule has 0 fully saturated rings. The van der Waals surface area contributed by atoms with Crippen LogP contribution >= 0.6 is 23.2 Å². The lowest BCUT2D eigenvalue weighted by Crippen LogP contribution is -1.96. The molecule has 2 aromatic rings. The van der Waals surface area contributed by atoms with Crippen LogP contribution in [0.3, 0.4) is 0 Å². The van der Waals surface area contributed by atoms with Crippen molar-refractivity contribution in [2.45, 2.75) is 0 Å². The molecule has 2 rings (SSSR count). The molecule has 0 bridgehead atoms. The molecule has 3 N–H and O–H groups in total. The number of benzene rings is 2. The number of nitrogen functional groups attached to an aromatic ring is 1. The number of nitrogens with one attached hydrogen (secondary N) is 1. The van der Waals surface area contributed by atoms with Crippen LogP contribution < -0.4 is 15.8 Å². The Balaban J connectivity index is 2.26. The zero-order chi connectivity index (χ0) is 13.1. The summed E-state index contributed by atoms with van der Waals surface area (Å²) in [6.07, 6.45) is 0. The Morgan fingerprint density at radius 3 is 2.50 bits per heavy atom. The van der Waals surface area contributed by atoms with Gasteiger partial charge in [0.1, 0.15) is 5.75 Å². The third-order valence-corrected chi connectivity index (χ3v) is 2.97. The molecule has 5 heteroatoms. The fourth-order valence-electron chi connectivity index (χ4n) is 1.55. The summed E-state index contributed by atoms with van der Waals surface area (Å²) in [5.41, 5.74) is 8.04. The lowest BCUT2D eigenvalue weighted by Gasteiger charge is -2.11. The smallest absolute Gasteiger partial charge is 0.137 e. The van der Waals surface area contributed by atoms with E-state index in [0.29, 0.717) is 21.5 Å². The molecule has 0 unspecified atom stereocenters. The van der Waals surface area contributed by atoms with E-state index in [0.717, 1.165) is 11.4 Å². The van der Waals surface area contributed by atoms with Gasteiger partial charge < -0.3 is 15.8 Å². The Kier molecular flexibility index (Phi) is 3.84. The standard InChI is InChI=1S/C13H12Cl2N2O/c1-18-13-5-3-9(7-10(13)15)17-12-4-2-8(14)6-11(12)16/h2-7,17H,16H2,1H3. The average Bonchev–Trinajstić information content (AvgIpc) is 2.33. The number of rotatable bonds is 3. The summed E-state index contributed by atoms with van der Waals surface area (Å²) < 4.78 is 5.09. The molecule has 0 atom stereocenters. The van der Waals surface area contributed by atoms with E-state index < -0.39 is 0 Å². The predicted octanol–water partition coefficient (Wildman–Crippen LogP) is 4.33. The van der Waals surface area contributed by atoms with Crippen molar-refractivity contribution in [1.82, 2.24) is 0 Å². The number of halogens is 2. The summed E-state index contributed by atoms with van der Waals surface area (Å²) in [5, 5.41) is 4.31. The molecule has 0 heterocycles. The fraction of sp³-hybridized carbons (Fsp3) is 0.0769. The number of anilines is 3. The molecule has 0 radical (unpaired) electrons. The van der Waals surface area contributed by atoms with E-state index in [1.54, 1.807) is 31.4 Å². The van der Waals surface area contributed by atoms with Crippen molar-refractivity contribution in [2.24, 2.45) is 0 Å². The molecule has 0 saturated heterocycles. The van der Waals surface area contributed by atoms with Crippen molar-refractivity contribution in [3.05, 3.63) is 46.4 Å². The van der Waals surface area contributed by atoms with E-state index in [1.807, 2.05) is 12.1 Å². The van der Waals surface area contributed by atoms with Crippen molar-refractivity contribution in [2.75, 3.05) is 18.2 Å². The maximum atomic E-state index is 6.04. The minimum Gasteiger partial charge on any atom is -0.495 e. The molecule has 0 aliphatic carbocycles. The second kappa shape index (κ2) is 5.38. The Bertz CT molecular complexity index is 573. The zero-order valence-electron chi connectivity index (χ0n) is 9.71. The minimum atomic E-state index is 0.537. The van der Waals surface area contributed by atoms with Crippen LogP contribution in [-0.4, -0.2) is 7.11 Å². The summed E-state index contributed by atoms with van der Waals surface area (Å²) in [5.74, 6) is 0.631. The first kappa shape index (κ1) is 12.9. The molecule has 94 valence electrons. The second-order valence-corrected chi connectivity index (χ2v) is 4.55. The van der Waals surface area contributed by atoms with E-state index in [4.69, 9.17) is 33.7 Å². The lowest BCUT2D eigenvalue weighted by atomic mass is 10.2. The number of hydrogen-bond donors (Lipinski definition) is 2. The van der Waals surface area contributed by atoms with Crippen LogP contribution in [0.5, 0.6) is 5.75 Å². The minimum absolute atomic E-state index is 0.537. The van der Waals surface area contributed by atoms with E-state index in [9.17, 15) is 0 Å². The van der Waals surface area contributed by atoms with Gasteiger partial charge in [0.05, 0.1) is 23.5 Å². The lowest BCUT2D eigenvalue weighted by molar-refractivity contribution is 0.415. The third kappa shape index (κ3) is 2.81. The summed E-state index contributed by atoms with van der Waals surface area (Å²) in [6.45, 7) is 0. The molecule has 0 spiro atoms. The first-order valence-electron chi connectivity index (χ1n) is 5.26. The van der Waals surface area contributed by atoms with Gasteiger partial charge in [0, 0.05) is 10.7 Å². The molecular weight excluding hydrogens is 271 g/mol. The van der Waals surface area contributed by atoms with E-state index >= 15 is 0 Å². The van der Waals surface area contributed by atoms with Crippen LogP contribution in [-0.2, 0) is 0 Å². The van der Waals surface area contributed by atoms with E-state index in [-0.39, 0.29) is 0 Å². The first-order valence-corrected chi connectivity index (χ1v) is 6.01. The highest BCUT2D eigenvalue weighted by Gasteiger charge is 2.04. The number of hydrogen-bond acceptors (Lipinski definition) is 3. The normalized spacial score (nSPS) is 10.2. The predicted molar refractivity (Wildman–Crippen MR) is 77.2 cm³/mol. The maximum Gasteiger partial charge on any atom is 0.137 e. The monoisotopic (exact) mass is 282 g/mol. The van der Waals surface area contributed by atoms with Gasteiger partial charge in [-0.2, -0.15) is 0 Å². The van der Waals surface area contributed by atoms with Gasteiger partial charge in [-0.15, -0.1) is 0 Å². The highest BCUT2D eigenvalue weighted by Crippen LogP contribution is 2.31. The second-order valence-electron chi connectivity index (χ2n) is 3.71. The van der Waals surface area contributed by atoms with Gasteiger partial charge in [-0.05, 0) is 36.4 Å². The van der Waals surface area contributed by atoms with Crippen LogP contribution in [0.4, 0.5) is 17.1 Å². The summed E-state index contributed by atoms with van der Waals surface area (Å²) in [4.78, 5) is 0. The molecule has 0 saturated carbocycles. The van der Waals surface area contributed by atoms with Crippen molar-refractivity contribution in [3.63, 3.8) is 0 Å². The summed E-state index contributed by atoms with van der Waals surface area (Å²) in [7, 11) is 1.57. The van der Waals surface area contributed by atoms with Crippen LogP contribution in [0.2, 0.25) is 10.0 Å². The van der Waals surface area contributed by atoms with Gasteiger partial charge in [0.15, 0.2) is 0 Å². The Hall–Kier alpha value is -1.58. The van der Waals surface area contributed by atoms with Crippen molar-refractivity contribution < 1.29 is 4.74 Å². The average molecular weight is 283 g/mol. The topological polar surface area (TPSA) is 47.3 Å². The van der Waals surface area contributed by atoms with Gasteiger partial charge in [0.2, 0.25) is 0 Å². The number of nitrogens with two attached hydrogens (primary N) is 1. The first-order chi connectivity index (χ1) is 8.60. The van der Waals surface area contributed by atoms with Crippen LogP contribution in [0.25, 0.3) is 0 Å². The molecular formula is C13H12Cl2N2O. The Labute approximate surface area is 115 Å². The van der Waals surface area contributed by atoms with Gasteiger partial charge in [0.25, 0.3) is 0 Å². The number of ether oxygens (including phenoxy) is 1. The van der Waals surface area contributed by atoms with Gasteiger partial charge >= 0.3 is 0 Å². The summed E-state index contributed by atoms with van der Waals surface area (Å²) in [6, 6.07) is 10.7. The van der Waals surface area contributed by atoms with Crippen molar-refractivity contribution in [3.8, 4) is 5.75 Å². The van der Waals surface area contributed by atoms with Crippen LogP contribution in [0, 0.1) is 0 Å². The highest BCUT2D eigenvalue weighted by atomic mass is 35.5. The zero-order valence-corrected chi connectivity index (χ0v) is 11.2. The van der Waals surface area contributed by atoms with Gasteiger partial charge in [-0.25, -0.2) is 0 Å². The molecule has 0 aliphatic heterocycles. The Morgan fingerprint density at radius 2 is 1.89 bits per heavy atom. The molecule has 3 nitrogen and oxygen atoms in total. The largest absolute Gasteiger partial charge is 0.495 e. The maximum absolute atomic E-state index is 6.04. The van der Waals surface area contributed by atoms with Crippen LogP contribution in [0.1, 0.15) is 0 Å². The van der Waals surface area contributed by atoms with Crippen LogP contribution in [0.15, 0.2) is 36.4 Å². The van der Waals surface area contributed by atoms with Gasteiger partial charge in [-0.3, -0.25) is 0 Å².